The average Bonchev–Trinajstić information content (AvgIpc) is 3.03. The van der Waals surface area contributed by atoms with E-state index in [0.29, 0.717) is 23.8 Å². The van der Waals surface area contributed by atoms with Crippen molar-refractivity contribution in [3.05, 3.63) is 48.5 Å². The van der Waals surface area contributed by atoms with E-state index in [2.05, 4.69) is 20.3 Å². The van der Waals surface area contributed by atoms with Crippen molar-refractivity contribution in [2.45, 2.75) is 6.42 Å². The molecule has 0 unspecified atom stereocenters. The maximum absolute atomic E-state index is 9.59. The molecule has 0 aliphatic heterocycles. The molecular weight excluding hydrogens is 284 g/mol. The quantitative estimate of drug-likeness (QED) is 0.663. The highest BCUT2D eigenvalue weighted by Gasteiger charge is 2.08. The molecule has 0 saturated heterocycles. The fraction of sp³-hybridized carbons (Fsp3) is 0.133. The van der Waals surface area contributed by atoms with Gasteiger partial charge in [-0.15, -0.1) is 0 Å². The summed E-state index contributed by atoms with van der Waals surface area (Å²) in [5, 5.41) is 21.9. The van der Waals surface area contributed by atoms with Crippen molar-refractivity contribution in [1.29, 1.82) is 0 Å². The van der Waals surface area contributed by atoms with E-state index in [-0.39, 0.29) is 11.8 Å². The third-order valence-corrected chi connectivity index (χ3v) is 3.06. The van der Waals surface area contributed by atoms with Crippen LogP contribution >= 0.6 is 0 Å². The predicted octanol–water partition coefficient (Wildman–Crippen LogP) is 2.20. The number of aromatic nitrogens is 3. The summed E-state index contributed by atoms with van der Waals surface area (Å²) in [6, 6.07) is 8.35. The lowest BCUT2D eigenvalue weighted by Crippen LogP contribution is -2.06. The number of phenolic OH excluding ortho intramolecular Hbond substituents is 1. The van der Waals surface area contributed by atoms with Gasteiger partial charge in [-0.1, -0.05) is 12.1 Å². The summed E-state index contributed by atoms with van der Waals surface area (Å²) in [5.41, 5.74) is 1.54. The van der Waals surface area contributed by atoms with Crippen LogP contribution in [0, 0.1) is 0 Å². The smallest absolute Gasteiger partial charge is 0.316 e. The largest absolute Gasteiger partial charge is 0.508 e. The van der Waals surface area contributed by atoms with Crippen molar-refractivity contribution in [1.82, 2.24) is 15.0 Å². The number of hydrogen-bond donors (Lipinski definition) is 3. The SMILES string of the molecule is Oc1ccc(CCNc2cc(-c3cnco3)nc(O)n2)cc1. The van der Waals surface area contributed by atoms with Crippen LogP contribution in [0.1, 0.15) is 5.56 Å². The Balaban J connectivity index is 1.66. The van der Waals surface area contributed by atoms with Gasteiger partial charge < -0.3 is 19.9 Å². The van der Waals surface area contributed by atoms with E-state index in [9.17, 15) is 10.2 Å². The Bertz CT molecular complexity index is 742. The zero-order valence-corrected chi connectivity index (χ0v) is 11.6. The van der Waals surface area contributed by atoms with E-state index >= 15 is 0 Å². The lowest BCUT2D eigenvalue weighted by molar-refractivity contribution is 0.431. The summed E-state index contributed by atoms with van der Waals surface area (Å²) in [6.07, 6.45) is 3.57. The minimum Gasteiger partial charge on any atom is -0.508 e. The molecule has 3 rings (SSSR count). The van der Waals surface area contributed by atoms with Gasteiger partial charge in [0, 0.05) is 12.6 Å². The molecule has 0 atom stereocenters. The van der Waals surface area contributed by atoms with Crippen LogP contribution in [0.15, 0.2) is 47.3 Å². The lowest BCUT2D eigenvalue weighted by atomic mass is 10.1. The van der Waals surface area contributed by atoms with Gasteiger partial charge in [0.25, 0.3) is 0 Å². The molecule has 0 radical (unpaired) electrons. The zero-order valence-electron chi connectivity index (χ0n) is 11.6. The molecule has 2 aromatic heterocycles. The summed E-state index contributed by atoms with van der Waals surface area (Å²) < 4.78 is 5.15. The van der Waals surface area contributed by atoms with Crippen molar-refractivity contribution in [3.8, 4) is 23.2 Å². The Morgan fingerprint density at radius 2 is 1.91 bits per heavy atom. The first-order valence-corrected chi connectivity index (χ1v) is 6.69. The number of nitrogens with zero attached hydrogens (tertiary/aromatic N) is 3. The Labute approximate surface area is 126 Å². The van der Waals surface area contributed by atoms with Crippen molar-refractivity contribution in [3.63, 3.8) is 0 Å². The number of rotatable bonds is 5. The second-order valence-electron chi connectivity index (χ2n) is 4.65. The normalized spacial score (nSPS) is 10.5. The molecule has 0 spiro atoms. The summed E-state index contributed by atoms with van der Waals surface area (Å²) in [4.78, 5) is 11.6. The molecule has 2 heterocycles. The number of hydrogen-bond acceptors (Lipinski definition) is 7. The highest BCUT2D eigenvalue weighted by Crippen LogP contribution is 2.21. The Morgan fingerprint density at radius 1 is 1.09 bits per heavy atom. The van der Waals surface area contributed by atoms with Gasteiger partial charge in [0.15, 0.2) is 12.2 Å². The molecule has 0 saturated carbocycles. The predicted molar refractivity (Wildman–Crippen MR) is 79.5 cm³/mol. The number of nitrogens with one attached hydrogen (secondary N) is 1. The maximum atomic E-state index is 9.59. The average molecular weight is 298 g/mol. The van der Waals surface area contributed by atoms with E-state index < -0.39 is 0 Å². The van der Waals surface area contributed by atoms with Gasteiger partial charge >= 0.3 is 6.01 Å². The topological polar surface area (TPSA) is 104 Å². The molecule has 7 heteroatoms. The van der Waals surface area contributed by atoms with Gasteiger partial charge in [-0.2, -0.15) is 9.97 Å². The monoisotopic (exact) mass is 298 g/mol. The first-order chi connectivity index (χ1) is 10.7. The number of anilines is 1. The van der Waals surface area contributed by atoms with Crippen LogP contribution in [0.3, 0.4) is 0 Å². The van der Waals surface area contributed by atoms with Crippen molar-refractivity contribution >= 4 is 5.82 Å². The van der Waals surface area contributed by atoms with Crippen LogP contribution < -0.4 is 5.32 Å². The molecular formula is C15H14N4O3. The van der Waals surface area contributed by atoms with Gasteiger partial charge in [0.2, 0.25) is 0 Å². The molecule has 3 N–H and O–H groups in total. The molecule has 112 valence electrons. The molecule has 0 fully saturated rings. The number of phenols is 1. The third kappa shape index (κ3) is 3.32. The van der Waals surface area contributed by atoms with E-state index in [1.807, 2.05) is 12.1 Å². The second kappa shape index (κ2) is 6.13. The van der Waals surface area contributed by atoms with Gasteiger partial charge in [-0.25, -0.2) is 4.98 Å². The summed E-state index contributed by atoms with van der Waals surface area (Å²) in [5.74, 6) is 1.20. The van der Waals surface area contributed by atoms with Crippen LogP contribution in [-0.2, 0) is 6.42 Å². The van der Waals surface area contributed by atoms with E-state index in [1.165, 1.54) is 12.6 Å². The minimum atomic E-state index is -0.332. The lowest BCUT2D eigenvalue weighted by Gasteiger charge is -2.07. The van der Waals surface area contributed by atoms with Gasteiger partial charge in [-0.3, -0.25) is 0 Å². The van der Waals surface area contributed by atoms with Gasteiger partial charge in [-0.05, 0) is 24.1 Å². The molecule has 0 aliphatic rings. The van der Waals surface area contributed by atoms with Gasteiger partial charge in [0.1, 0.15) is 17.3 Å². The fourth-order valence-electron chi connectivity index (χ4n) is 1.99. The summed E-state index contributed by atoms with van der Waals surface area (Å²) in [7, 11) is 0. The second-order valence-corrected chi connectivity index (χ2v) is 4.65. The van der Waals surface area contributed by atoms with Crippen molar-refractivity contribution in [2.75, 3.05) is 11.9 Å². The third-order valence-electron chi connectivity index (χ3n) is 3.06. The minimum absolute atomic E-state index is 0.245. The van der Waals surface area contributed by atoms with Crippen molar-refractivity contribution in [2.24, 2.45) is 0 Å². The molecule has 22 heavy (non-hydrogen) atoms. The van der Waals surface area contributed by atoms with Crippen LogP contribution in [0.2, 0.25) is 0 Å². The maximum Gasteiger partial charge on any atom is 0.316 e. The summed E-state index contributed by atoms with van der Waals surface area (Å²) in [6.45, 7) is 0.622. The first-order valence-electron chi connectivity index (χ1n) is 6.69. The zero-order chi connectivity index (χ0) is 15.4. The van der Waals surface area contributed by atoms with E-state index in [0.717, 1.165) is 12.0 Å². The first kappa shape index (κ1) is 13.9. The molecule has 0 bridgehead atoms. The van der Waals surface area contributed by atoms with Crippen LogP contribution in [-0.4, -0.2) is 31.7 Å². The van der Waals surface area contributed by atoms with Crippen LogP contribution in [0.4, 0.5) is 5.82 Å². The van der Waals surface area contributed by atoms with Gasteiger partial charge in [0.05, 0.1) is 6.20 Å². The molecule has 0 aliphatic carbocycles. The number of benzene rings is 1. The molecule has 1 aromatic carbocycles. The van der Waals surface area contributed by atoms with E-state index in [4.69, 9.17) is 4.42 Å². The van der Waals surface area contributed by atoms with Crippen molar-refractivity contribution < 1.29 is 14.6 Å². The number of aromatic hydroxyl groups is 2. The molecule has 0 amide bonds. The number of oxazole rings is 1. The van der Waals surface area contributed by atoms with Crippen LogP contribution in [0.5, 0.6) is 11.8 Å². The Morgan fingerprint density at radius 3 is 2.64 bits per heavy atom. The Kier molecular flexibility index (Phi) is 3.86. The molecule has 3 aromatic rings. The van der Waals surface area contributed by atoms with E-state index in [1.54, 1.807) is 18.2 Å². The highest BCUT2D eigenvalue weighted by molar-refractivity contribution is 5.56. The molecule has 7 nitrogen and oxygen atoms in total. The summed E-state index contributed by atoms with van der Waals surface area (Å²) >= 11 is 0. The fourth-order valence-corrected chi connectivity index (χ4v) is 1.99. The Hall–Kier alpha value is -3.09. The highest BCUT2D eigenvalue weighted by atomic mass is 16.3. The van der Waals surface area contributed by atoms with Crippen LogP contribution in [0.25, 0.3) is 11.5 Å². The standard InChI is InChI=1S/C15H14N4O3/c20-11-3-1-10(2-4-11)5-6-17-14-7-12(18-15(21)19-14)13-8-16-9-22-13/h1-4,7-9,20H,5-6H2,(H2,17,18,19,21).